The first-order chi connectivity index (χ1) is 12.7. The fraction of sp³-hybridized carbons (Fsp3) is 0.792. The molecule has 0 aromatic rings. The van der Waals surface area contributed by atoms with Gasteiger partial charge in [0.15, 0.2) is 6.29 Å². The zero-order chi connectivity index (χ0) is 19.6. The molecule has 4 aliphatic rings. The van der Waals surface area contributed by atoms with E-state index in [9.17, 15) is 15.0 Å². The number of hydrogen-bond acceptors (Lipinski definition) is 3. The van der Waals surface area contributed by atoms with Crippen LogP contribution in [0.1, 0.15) is 72.6 Å². The molecule has 4 aliphatic carbocycles. The fourth-order valence-electron chi connectivity index (χ4n) is 8.28. The first-order valence-electron chi connectivity index (χ1n) is 10.9. The van der Waals surface area contributed by atoms with Gasteiger partial charge in [0.25, 0.3) is 0 Å². The third kappa shape index (κ3) is 2.37. The predicted octanol–water partition coefficient (Wildman–Crippen LogP) is 4.64. The van der Waals surface area contributed by atoms with E-state index in [2.05, 4.69) is 32.1 Å². The van der Waals surface area contributed by atoms with Gasteiger partial charge >= 0.3 is 0 Å². The van der Waals surface area contributed by atoms with E-state index in [1.807, 2.05) is 6.92 Å². The quantitative estimate of drug-likeness (QED) is 0.710. The lowest BCUT2D eigenvalue weighted by Gasteiger charge is -2.59. The second-order valence-electron chi connectivity index (χ2n) is 10.4. The van der Waals surface area contributed by atoms with E-state index in [-0.39, 0.29) is 16.6 Å². The number of carbonyl (C=O) groups is 1. The van der Waals surface area contributed by atoms with Crippen LogP contribution in [-0.2, 0) is 4.79 Å². The highest BCUT2D eigenvalue weighted by Crippen LogP contribution is 2.71. The van der Waals surface area contributed by atoms with Crippen molar-refractivity contribution in [1.82, 2.24) is 0 Å². The summed E-state index contributed by atoms with van der Waals surface area (Å²) in [5.41, 5.74) is 1.08. The molecule has 1 unspecified atom stereocenters. The average molecular weight is 373 g/mol. The van der Waals surface area contributed by atoms with Gasteiger partial charge in [0.2, 0.25) is 0 Å². The van der Waals surface area contributed by atoms with Crippen molar-refractivity contribution in [2.45, 2.75) is 78.9 Å². The van der Waals surface area contributed by atoms with Crippen molar-refractivity contribution in [2.24, 2.45) is 39.9 Å². The Hall–Kier alpha value is -0.930. The van der Waals surface area contributed by atoms with Crippen LogP contribution in [0.4, 0.5) is 0 Å². The Bertz CT molecular complexity index is 692. The van der Waals surface area contributed by atoms with Gasteiger partial charge in [0, 0.05) is 11.3 Å². The smallest absolute Gasteiger partial charge is 0.155 e. The lowest BCUT2D eigenvalue weighted by molar-refractivity contribution is -0.176. The largest absolute Gasteiger partial charge is 0.368 e. The molecular weight excluding hydrogens is 336 g/mol. The highest BCUT2D eigenvalue weighted by molar-refractivity contribution is 5.84. The summed E-state index contributed by atoms with van der Waals surface area (Å²) < 4.78 is 0. The minimum Gasteiger partial charge on any atom is -0.368 e. The van der Waals surface area contributed by atoms with Crippen molar-refractivity contribution < 1.29 is 15.0 Å². The van der Waals surface area contributed by atoms with Crippen LogP contribution in [0.3, 0.4) is 0 Å². The maximum atomic E-state index is 13.0. The summed E-state index contributed by atoms with van der Waals surface area (Å²) in [5, 5.41) is 20.0. The molecule has 0 spiro atoms. The highest BCUT2D eigenvalue weighted by atomic mass is 16.5. The Morgan fingerprint density at radius 3 is 2.52 bits per heavy atom. The maximum absolute atomic E-state index is 13.0. The highest BCUT2D eigenvalue weighted by Gasteiger charge is 2.67. The van der Waals surface area contributed by atoms with Crippen molar-refractivity contribution in [3.8, 4) is 0 Å². The summed E-state index contributed by atoms with van der Waals surface area (Å²) in [6.45, 7) is 8.32. The number of hydrogen-bond donors (Lipinski definition) is 2. The van der Waals surface area contributed by atoms with Crippen LogP contribution in [0, 0.1) is 39.9 Å². The Kier molecular flexibility index (Phi) is 4.51. The summed E-state index contributed by atoms with van der Waals surface area (Å²) >= 11 is 0. The molecule has 0 radical (unpaired) electrons. The molecule has 2 fully saturated rings. The Labute approximate surface area is 163 Å². The van der Waals surface area contributed by atoms with Crippen LogP contribution in [0.5, 0.6) is 0 Å². The van der Waals surface area contributed by atoms with E-state index in [1.54, 1.807) is 6.92 Å². The van der Waals surface area contributed by atoms with Gasteiger partial charge in [0.1, 0.15) is 5.78 Å². The summed E-state index contributed by atoms with van der Waals surface area (Å²) in [4.78, 5) is 13.0. The van der Waals surface area contributed by atoms with E-state index < -0.39 is 17.6 Å². The summed E-state index contributed by atoms with van der Waals surface area (Å²) in [5.74, 6) is 1.56. The molecule has 0 aromatic heterocycles. The number of rotatable bonds is 3. The minimum atomic E-state index is -1.43. The van der Waals surface area contributed by atoms with Gasteiger partial charge in [-0.05, 0) is 86.0 Å². The molecule has 0 saturated heterocycles. The van der Waals surface area contributed by atoms with Crippen LogP contribution in [-0.4, -0.2) is 22.3 Å². The van der Waals surface area contributed by atoms with Crippen LogP contribution in [0.25, 0.3) is 0 Å². The van der Waals surface area contributed by atoms with Gasteiger partial charge in [0.05, 0.1) is 0 Å². The minimum absolute atomic E-state index is 0.130. The molecule has 2 N–H and O–H groups in total. The molecular formula is C24H36O3. The van der Waals surface area contributed by atoms with Crippen LogP contribution < -0.4 is 0 Å². The van der Waals surface area contributed by atoms with E-state index in [0.717, 1.165) is 32.1 Å². The molecule has 3 heteroatoms. The van der Waals surface area contributed by atoms with Crippen LogP contribution in [0.2, 0.25) is 0 Å². The van der Waals surface area contributed by atoms with Gasteiger partial charge in [-0.25, -0.2) is 0 Å². The summed E-state index contributed by atoms with van der Waals surface area (Å²) in [6.07, 6.45) is 13.3. The van der Waals surface area contributed by atoms with Crippen molar-refractivity contribution in [3.05, 3.63) is 23.8 Å². The average Bonchev–Trinajstić information content (AvgIpc) is 2.94. The molecule has 150 valence electrons. The summed E-state index contributed by atoms with van der Waals surface area (Å²) in [6, 6.07) is 0. The SMILES string of the molecule is CC(=O)[C@@]1(C(C)C(O)O)CC[C@H]2[C@@H]3CC=C4C=CCC[C@]4(C)[C@H]3CC[C@@]21C. The first kappa shape index (κ1) is 19.4. The lowest BCUT2D eigenvalue weighted by atomic mass is 9.44. The molecule has 0 heterocycles. The Morgan fingerprint density at radius 2 is 1.85 bits per heavy atom. The molecule has 0 aromatic carbocycles. The molecule has 0 bridgehead atoms. The number of ketones is 1. The fourth-order valence-corrected chi connectivity index (χ4v) is 8.28. The molecule has 4 rings (SSSR count). The van der Waals surface area contributed by atoms with Gasteiger partial charge in [-0.3, -0.25) is 4.79 Å². The molecule has 0 amide bonds. The number of carbonyl (C=O) groups excluding carboxylic acids is 1. The molecule has 27 heavy (non-hydrogen) atoms. The van der Waals surface area contributed by atoms with E-state index in [4.69, 9.17) is 0 Å². The van der Waals surface area contributed by atoms with Crippen molar-refractivity contribution >= 4 is 5.78 Å². The number of Topliss-reactive ketones (excluding diaryl/α,β-unsaturated/α-hetero) is 1. The number of allylic oxidation sites excluding steroid dienone is 4. The van der Waals surface area contributed by atoms with E-state index >= 15 is 0 Å². The van der Waals surface area contributed by atoms with Gasteiger partial charge in [-0.2, -0.15) is 0 Å². The molecule has 7 atom stereocenters. The standard InChI is InChI=1S/C24H36O3/c1-15(21(26)27)24(16(2)25)14-11-20-18-9-8-17-7-5-6-12-22(17,3)19(18)10-13-23(20,24)4/h5,7-8,15,18-21,26-27H,6,9-14H2,1-4H3/t15?,18-,19+,20+,22+,23+,24+/m1/s1. The molecule has 0 aliphatic heterocycles. The van der Waals surface area contributed by atoms with Gasteiger partial charge in [-0.1, -0.05) is 39.0 Å². The number of aliphatic hydroxyl groups is 2. The first-order valence-corrected chi connectivity index (χ1v) is 10.9. The Balaban J connectivity index is 1.74. The van der Waals surface area contributed by atoms with Crippen molar-refractivity contribution in [2.75, 3.05) is 0 Å². The van der Waals surface area contributed by atoms with Crippen molar-refractivity contribution in [1.29, 1.82) is 0 Å². The van der Waals surface area contributed by atoms with E-state index in [1.165, 1.54) is 18.4 Å². The second-order valence-corrected chi connectivity index (χ2v) is 10.4. The van der Waals surface area contributed by atoms with Gasteiger partial charge in [-0.15, -0.1) is 0 Å². The number of fused-ring (bicyclic) bond motifs is 5. The van der Waals surface area contributed by atoms with E-state index in [0.29, 0.717) is 17.8 Å². The second kappa shape index (κ2) is 6.29. The normalized spacial score (nSPS) is 47.1. The lowest BCUT2D eigenvalue weighted by Crippen LogP contribution is -2.56. The zero-order valence-corrected chi connectivity index (χ0v) is 17.4. The maximum Gasteiger partial charge on any atom is 0.155 e. The number of aliphatic hydroxyl groups excluding tert-OH is 1. The van der Waals surface area contributed by atoms with Crippen molar-refractivity contribution in [3.63, 3.8) is 0 Å². The third-order valence-corrected chi connectivity index (χ3v) is 9.76. The predicted molar refractivity (Wildman–Crippen MR) is 107 cm³/mol. The summed E-state index contributed by atoms with van der Waals surface area (Å²) in [7, 11) is 0. The van der Waals surface area contributed by atoms with Gasteiger partial charge < -0.3 is 10.2 Å². The molecule has 2 saturated carbocycles. The Morgan fingerprint density at radius 1 is 1.15 bits per heavy atom. The topological polar surface area (TPSA) is 57.5 Å². The monoisotopic (exact) mass is 372 g/mol. The van der Waals surface area contributed by atoms with Crippen LogP contribution in [0.15, 0.2) is 23.8 Å². The zero-order valence-electron chi connectivity index (χ0n) is 17.4. The molecule has 3 nitrogen and oxygen atoms in total. The van der Waals surface area contributed by atoms with Crippen LogP contribution >= 0.6 is 0 Å². The third-order valence-electron chi connectivity index (χ3n) is 9.76.